The van der Waals surface area contributed by atoms with Gasteiger partial charge >= 0.3 is 11.9 Å². The van der Waals surface area contributed by atoms with Crippen LogP contribution < -0.4 is 5.11 Å². The number of quaternary nitrogens is 1. The summed E-state index contributed by atoms with van der Waals surface area (Å²) in [6, 6.07) is -0.744. The minimum absolute atomic E-state index is 0.0123. The number of carbonyl (C=O) groups excluding carboxylic acids is 3. The van der Waals surface area contributed by atoms with Gasteiger partial charge in [0.25, 0.3) is 0 Å². The van der Waals surface area contributed by atoms with E-state index >= 15 is 0 Å². The number of carbonyl (C=O) groups is 3. The van der Waals surface area contributed by atoms with Gasteiger partial charge in [-0.2, -0.15) is 0 Å². The van der Waals surface area contributed by atoms with Crippen molar-refractivity contribution in [1.82, 2.24) is 0 Å². The monoisotopic (exact) mass is 846 g/mol. The van der Waals surface area contributed by atoms with Crippen LogP contribution in [0.4, 0.5) is 0 Å². The summed E-state index contributed by atoms with van der Waals surface area (Å²) in [6.45, 7) is 4.32. The van der Waals surface area contributed by atoms with E-state index in [1.807, 2.05) is 60.8 Å². The molecule has 0 fully saturated rings. The Morgan fingerprint density at radius 2 is 0.951 bits per heavy atom. The number of aliphatic carboxylic acids is 1. The number of allylic oxidation sites excluding steroid dienone is 20. The molecule has 0 aromatic carbocycles. The Morgan fingerprint density at radius 3 is 1.49 bits per heavy atom. The van der Waals surface area contributed by atoms with Crippen LogP contribution in [-0.4, -0.2) is 75.5 Å². The molecule has 8 heteroatoms. The van der Waals surface area contributed by atoms with Gasteiger partial charge in [0.1, 0.15) is 12.6 Å². The number of carboxylic acid groups (broad SMARTS) is 1. The zero-order valence-corrected chi connectivity index (χ0v) is 38.8. The Bertz CT molecular complexity index is 1400. The van der Waals surface area contributed by atoms with Crippen LogP contribution in [-0.2, 0) is 28.6 Å². The predicted molar refractivity (Wildman–Crippen MR) is 254 cm³/mol. The number of hydrogen-bond donors (Lipinski definition) is 0. The molecule has 2 atom stereocenters. The molecule has 0 saturated carbocycles. The Kier molecular flexibility index (Phi) is 39.5. The van der Waals surface area contributed by atoms with Gasteiger partial charge in [-0.3, -0.25) is 9.59 Å². The second kappa shape index (κ2) is 42.4. The fourth-order valence-corrected chi connectivity index (χ4v) is 5.97. The molecule has 0 N–H and O–H groups in total. The molecule has 0 aliphatic rings. The maximum absolute atomic E-state index is 12.8. The summed E-state index contributed by atoms with van der Waals surface area (Å²) in [5, 5.41) is 11.6. The summed E-state index contributed by atoms with van der Waals surface area (Å²) in [6.07, 6.45) is 59.3. The molecule has 0 aliphatic heterocycles. The van der Waals surface area contributed by atoms with Crippen molar-refractivity contribution >= 4 is 17.9 Å². The first kappa shape index (κ1) is 56.7. The van der Waals surface area contributed by atoms with Crippen molar-refractivity contribution in [3.63, 3.8) is 0 Å². The summed E-state index contributed by atoms with van der Waals surface area (Å²) >= 11 is 0. The highest BCUT2D eigenvalue weighted by atomic mass is 16.6. The molecule has 0 saturated heterocycles. The van der Waals surface area contributed by atoms with Gasteiger partial charge in [0.2, 0.25) is 0 Å². The van der Waals surface area contributed by atoms with Gasteiger partial charge < -0.3 is 28.6 Å². The van der Waals surface area contributed by atoms with E-state index in [1.54, 1.807) is 21.1 Å². The molecule has 0 bridgehead atoms. The summed E-state index contributed by atoms with van der Waals surface area (Å²) in [4.78, 5) is 36.9. The number of nitrogens with zero attached hydrogens (tertiary/aromatic N) is 1. The molecule has 0 radical (unpaired) electrons. The molecule has 0 rings (SSSR count). The van der Waals surface area contributed by atoms with Crippen LogP contribution in [0.25, 0.3) is 0 Å². The second-order valence-corrected chi connectivity index (χ2v) is 16.0. The van der Waals surface area contributed by atoms with Crippen LogP contribution in [0, 0.1) is 0 Å². The minimum atomic E-state index is -1.14. The van der Waals surface area contributed by atoms with Crippen LogP contribution in [0.1, 0.15) is 142 Å². The van der Waals surface area contributed by atoms with Crippen molar-refractivity contribution in [2.24, 2.45) is 0 Å². The number of likely N-dealkylation sites (N-methyl/N-ethyl adjacent to an activating group) is 1. The van der Waals surface area contributed by atoms with E-state index in [1.165, 1.54) is 19.3 Å². The fraction of sp³-hybridized carbons (Fsp3) is 0.566. The number of rotatable bonds is 39. The molecule has 0 aromatic rings. The number of esters is 2. The highest BCUT2D eigenvalue weighted by Gasteiger charge is 2.25. The normalized spacial score (nSPS) is 14.0. The van der Waals surface area contributed by atoms with Crippen LogP contribution in [0.3, 0.4) is 0 Å². The smallest absolute Gasteiger partial charge is 0.306 e. The van der Waals surface area contributed by atoms with Gasteiger partial charge in [-0.1, -0.05) is 174 Å². The number of carboxylic acids is 1. The molecule has 0 aliphatic carbocycles. The average molecular weight is 846 g/mol. The van der Waals surface area contributed by atoms with Gasteiger partial charge in [-0.15, -0.1) is 0 Å². The molecule has 0 aromatic heterocycles. The highest BCUT2D eigenvalue weighted by Crippen LogP contribution is 2.13. The Hall–Kier alpha value is -4.27. The summed E-state index contributed by atoms with van der Waals surface area (Å²) in [7, 11) is 5.37. The molecule has 2 unspecified atom stereocenters. The lowest BCUT2D eigenvalue weighted by Gasteiger charge is -2.34. The van der Waals surface area contributed by atoms with Gasteiger partial charge in [0.15, 0.2) is 6.10 Å². The van der Waals surface area contributed by atoms with E-state index in [0.717, 1.165) is 83.5 Å². The standard InChI is InChI=1S/C53H83NO7/c1-6-8-10-12-14-16-18-20-22-24-25-26-28-30-32-34-36-38-40-42-44-52(56)61-49(47-59-46-45-50(53(57)58)54(3,4)5)48-60-51(55)43-41-39-37-35-33-31-29-27-23-21-19-17-15-13-11-9-7-2/h8-11,13-17,19-23,25-27,29,31,33,49-50H,6-7,12,18,24,28,30,32,34-48H2,1-5H3/b10-8+,11-9+,15-13+,16-14+,19-17+,22-20+,23-21+,26-25+,29-27+,33-31+. The lowest BCUT2D eigenvalue weighted by atomic mass is 10.1. The van der Waals surface area contributed by atoms with Crippen LogP contribution in [0.2, 0.25) is 0 Å². The van der Waals surface area contributed by atoms with Crippen LogP contribution in [0.15, 0.2) is 122 Å². The first-order valence-corrected chi connectivity index (χ1v) is 23.1. The van der Waals surface area contributed by atoms with Gasteiger partial charge in [-0.25, -0.2) is 0 Å². The van der Waals surface area contributed by atoms with E-state index in [0.29, 0.717) is 6.42 Å². The van der Waals surface area contributed by atoms with Gasteiger partial charge in [-0.05, 0) is 70.6 Å². The molecule has 61 heavy (non-hydrogen) atoms. The first-order chi connectivity index (χ1) is 29.6. The maximum Gasteiger partial charge on any atom is 0.306 e. The summed E-state index contributed by atoms with van der Waals surface area (Å²) < 4.78 is 17.1. The van der Waals surface area contributed by atoms with Crippen LogP contribution >= 0.6 is 0 Å². The van der Waals surface area contributed by atoms with E-state index < -0.39 is 18.1 Å². The molecule has 342 valence electrons. The molecular weight excluding hydrogens is 763 g/mol. The summed E-state index contributed by atoms with van der Waals surface area (Å²) in [5.74, 6) is -1.83. The van der Waals surface area contributed by atoms with E-state index in [2.05, 4.69) is 74.6 Å². The Morgan fingerprint density at radius 1 is 0.508 bits per heavy atom. The highest BCUT2D eigenvalue weighted by molar-refractivity contribution is 5.70. The third kappa shape index (κ3) is 40.9. The predicted octanol–water partition coefficient (Wildman–Crippen LogP) is 11.7. The number of ether oxygens (including phenoxy) is 3. The van der Waals surface area contributed by atoms with Gasteiger partial charge in [0.05, 0.1) is 40.3 Å². The van der Waals surface area contributed by atoms with Crippen molar-refractivity contribution in [3.05, 3.63) is 122 Å². The molecular formula is C53H83NO7. The van der Waals surface area contributed by atoms with Crippen molar-refractivity contribution in [3.8, 4) is 0 Å². The molecule has 8 nitrogen and oxygen atoms in total. The first-order valence-electron chi connectivity index (χ1n) is 23.1. The SMILES string of the molecule is CC/C=C/C=C/C=C/C=C/C=C/C=C/CCCCCC(=O)OCC(COCCC(C(=O)[O-])[N+](C)(C)C)OC(=O)CCCCCCCCC/C=C/C/C=C/C/C=C/C/C=C/CC. The Balaban J connectivity index is 4.45. The largest absolute Gasteiger partial charge is 0.544 e. The van der Waals surface area contributed by atoms with Gasteiger partial charge in [0, 0.05) is 19.3 Å². The van der Waals surface area contributed by atoms with E-state index in [4.69, 9.17) is 14.2 Å². The second-order valence-electron chi connectivity index (χ2n) is 16.0. The molecule has 0 amide bonds. The zero-order chi connectivity index (χ0) is 44.9. The lowest BCUT2D eigenvalue weighted by Crippen LogP contribution is -2.55. The Labute approximate surface area is 371 Å². The lowest BCUT2D eigenvalue weighted by molar-refractivity contribution is -0.889. The molecule has 0 heterocycles. The number of hydrogen-bond acceptors (Lipinski definition) is 7. The minimum Gasteiger partial charge on any atom is -0.544 e. The van der Waals surface area contributed by atoms with Crippen molar-refractivity contribution in [1.29, 1.82) is 0 Å². The van der Waals surface area contributed by atoms with E-state index in [9.17, 15) is 19.5 Å². The van der Waals surface area contributed by atoms with Crippen LogP contribution in [0.5, 0.6) is 0 Å². The molecule has 0 spiro atoms. The fourth-order valence-electron chi connectivity index (χ4n) is 5.97. The quantitative estimate of drug-likeness (QED) is 0.0200. The topological polar surface area (TPSA) is 102 Å². The van der Waals surface area contributed by atoms with E-state index in [-0.39, 0.29) is 55.5 Å². The average Bonchev–Trinajstić information content (AvgIpc) is 3.22. The summed E-state index contributed by atoms with van der Waals surface area (Å²) in [5.41, 5.74) is 0. The van der Waals surface area contributed by atoms with Crippen molar-refractivity contribution in [2.75, 3.05) is 41.0 Å². The zero-order valence-electron chi connectivity index (χ0n) is 38.8. The third-order valence-electron chi connectivity index (χ3n) is 9.50. The van der Waals surface area contributed by atoms with Crippen molar-refractivity contribution in [2.45, 2.75) is 154 Å². The third-order valence-corrected chi connectivity index (χ3v) is 9.50. The van der Waals surface area contributed by atoms with Crippen molar-refractivity contribution < 1.29 is 38.2 Å². The number of unbranched alkanes of at least 4 members (excludes halogenated alkanes) is 10. The maximum atomic E-state index is 12.8.